The molecule has 109 heavy (non-hydrogen) atoms. The summed E-state index contributed by atoms with van der Waals surface area (Å²) in [7, 11) is 2.12. The SMILES string of the molecule is C=CC(=O)OCC1c2ccccc2-c2cc(C(=NC)C(F)(F)C(F)(F)C(F)(F)F)ccc21.C=CC(=O)OCCC(C)C(=O)OCC1c2ccccc2-c2cc(C(=NC)C(F)(F)C(F)(F)C(F)(F)F)ccc21.C=CC(=O)OCCOC(=O)OCC1c2ccccc2-c2cc(C(=NC)C(F)(F)C(F)(F)C(F)(F)F)ccc21. The normalized spacial score (nSPS) is 16.0. The van der Waals surface area contributed by atoms with Crippen molar-refractivity contribution in [2.45, 2.75) is 85.2 Å². The zero-order valence-electron chi connectivity index (χ0n) is 57.0. The van der Waals surface area contributed by atoms with Crippen molar-refractivity contribution in [3.8, 4) is 33.4 Å². The molecule has 0 bridgehead atoms. The largest absolute Gasteiger partial charge is 0.508 e. The maximum absolute atomic E-state index is 14.5. The predicted molar refractivity (Wildman–Crippen MR) is 352 cm³/mol. The fourth-order valence-electron chi connectivity index (χ4n) is 11.8. The van der Waals surface area contributed by atoms with Gasteiger partial charge >= 0.3 is 84.1 Å². The molecule has 0 aliphatic heterocycles. The van der Waals surface area contributed by atoms with Gasteiger partial charge in [0.1, 0.15) is 50.2 Å². The van der Waals surface area contributed by atoms with Crippen molar-refractivity contribution in [3.05, 3.63) is 215 Å². The Morgan fingerprint density at radius 3 is 0.954 bits per heavy atom. The molecule has 3 aliphatic rings. The van der Waals surface area contributed by atoms with E-state index in [1.54, 1.807) is 79.7 Å². The third-order valence-electron chi connectivity index (χ3n) is 17.2. The molecule has 584 valence electrons. The number of nitrogens with zero attached hydrogens (tertiary/aromatic N) is 3. The summed E-state index contributed by atoms with van der Waals surface area (Å²) < 4.78 is 313. The highest BCUT2D eigenvalue weighted by molar-refractivity contribution is 6.09. The van der Waals surface area contributed by atoms with Crippen LogP contribution in [0.5, 0.6) is 0 Å². The second-order valence-corrected chi connectivity index (χ2v) is 23.8. The Bertz CT molecular complexity index is 4530. The molecule has 0 fully saturated rings. The Morgan fingerprint density at radius 2 is 0.642 bits per heavy atom. The molecule has 14 nitrogen and oxygen atoms in total. The van der Waals surface area contributed by atoms with E-state index >= 15 is 0 Å². The van der Waals surface area contributed by atoms with Crippen LogP contribution >= 0.6 is 0 Å². The molecule has 9 rings (SSSR count). The van der Waals surface area contributed by atoms with Crippen LogP contribution in [0.2, 0.25) is 0 Å². The molecular weight excluding hydrogens is 1510 g/mol. The first-order valence-corrected chi connectivity index (χ1v) is 31.7. The highest BCUT2D eigenvalue weighted by atomic mass is 19.4. The van der Waals surface area contributed by atoms with E-state index in [2.05, 4.69) is 39.5 Å². The van der Waals surface area contributed by atoms with Crippen LogP contribution < -0.4 is 0 Å². The van der Waals surface area contributed by atoms with Gasteiger partial charge in [-0.2, -0.15) is 92.2 Å². The summed E-state index contributed by atoms with van der Waals surface area (Å²) in [5.41, 5.74) is -1.12. The highest BCUT2D eigenvalue weighted by Crippen LogP contribution is 2.54. The number of alkyl halides is 21. The molecular formula is C74H60F21N3O11. The van der Waals surface area contributed by atoms with Gasteiger partial charge in [0.2, 0.25) is 0 Å². The molecule has 0 radical (unpaired) electrons. The van der Waals surface area contributed by atoms with Crippen LogP contribution in [0.15, 0.2) is 180 Å². The molecule has 0 saturated heterocycles. The van der Waals surface area contributed by atoms with E-state index in [-0.39, 0.29) is 51.6 Å². The van der Waals surface area contributed by atoms with Crippen molar-refractivity contribution in [2.24, 2.45) is 20.9 Å². The van der Waals surface area contributed by atoms with Gasteiger partial charge in [0.05, 0.1) is 12.5 Å². The molecule has 0 saturated carbocycles. The Balaban J connectivity index is 0.000000229. The fraction of sp³-hybridized carbons (Fsp3) is 0.324. The van der Waals surface area contributed by atoms with Gasteiger partial charge in [0, 0.05) is 73.8 Å². The van der Waals surface area contributed by atoms with Crippen molar-refractivity contribution in [1.82, 2.24) is 0 Å². The number of hydrogen-bond acceptors (Lipinski definition) is 14. The van der Waals surface area contributed by atoms with Crippen LogP contribution in [0, 0.1) is 5.92 Å². The van der Waals surface area contributed by atoms with E-state index in [4.69, 9.17) is 23.7 Å². The molecule has 35 heteroatoms. The third kappa shape index (κ3) is 17.4. The lowest BCUT2D eigenvalue weighted by Crippen LogP contribution is -2.56. The van der Waals surface area contributed by atoms with E-state index in [0.29, 0.717) is 82.3 Å². The Labute approximate surface area is 605 Å². The van der Waals surface area contributed by atoms with Gasteiger partial charge in [-0.3, -0.25) is 19.8 Å². The quantitative estimate of drug-likeness (QED) is 0.0133. The van der Waals surface area contributed by atoms with Crippen LogP contribution in [-0.2, 0) is 47.6 Å². The molecule has 0 N–H and O–H groups in total. The van der Waals surface area contributed by atoms with Crippen LogP contribution in [0.1, 0.15) is 81.2 Å². The van der Waals surface area contributed by atoms with Crippen LogP contribution in [0.4, 0.5) is 97.0 Å². The maximum Gasteiger partial charge on any atom is 0.508 e. The third-order valence-corrected chi connectivity index (χ3v) is 17.2. The zero-order valence-corrected chi connectivity index (χ0v) is 57.0. The Morgan fingerprint density at radius 1 is 0.367 bits per heavy atom. The number of ether oxygens (including phenoxy) is 6. The summed E-state index contributed by atoms with van der Waals surface area (Å²) in [5.74, 6) is -40.9. The first-order chi connectivity index (χ1) is 50.8. The molecule has 3 aliphatic carbocycles. The van der Waals surface area contributed by atoms with Gasteiger partial charge in [-0.05, 0) is 91.4 Å². The summed E-state index contributed by atoms with van der Waals surface area (Å²) in [6.45, 7) is 10.2. The molecule has 0 heterocycles. The molecule has 0 amide bonds. The van der Waals surface area contributed by atoms with E-state index in [9.17, 15) is 116 Å². The number of halogens is 21. The van der Waals surface area contributed by atoms with Gasteiger partial charge in [-0.15, -0.1) is 0 Å². The lowest BCUT2D eigenvalue weighted by atomic mass is 9.93. The number of benzene rings is 6. The standard InChI is InChI=1S/C27H24F7NO4.C25H20F7NO5.C22H16F7NO2/c1-4-22(36)38-12-11-15(2)24(37)39-14-21-18-8-6-5-7-17(18)20-13-16(9-10-19(20)21)23(35-3)25(28,29)26(30,31)27(32,33)34;1-3-20(34)36-10-11-37-22(35)38-13-19-16-7-5-4-6-15(16)18-12-14(8-9-17(18)19)21(33-2)23(26,27)24(28,29)25(30,31)32;1-3-18(31)32-11-17-14-7-5-4-6-13(14)16-10-12(8-9-15(16)17)19(30-2)20(23,24)21(25,26)22(27,28)29/h4-10,13,15,21H,1,11-12,14H2,2-3H3;3-9,12,19H,1,10-11,13H2,2H3;3-10,17H,1,11H2,2H3. The number of aliphatic imine (C=N–C) groups is 3. The smallest absolute Gasteiger partial charge is 0.464 e. The Hall–Kier alpha value is -10.8. The second-order valence-electron chi connectivity index (χ2n) is 23.8. The number of rotatable bonds is 25. The van der Waals surface area contributed by atoms with Gasteiger partial charge in [-0.1, -0.05) is 136 Å². The molecule has 0 aromatic heterocycles. The van der Waals surface area contributed by atoms with Crippen molar-refractivity contribution in [1.29, 1.82) is 0 Å². The highest BCUT2D eigenvalue weighted by Gasteiger charge is 2.77. The lowest BCUT2D eigenvalue weighted by molar-refractivity contribution is -0.336. The number of hydrogen-bond donors (Lipinski definition) is 0. The van der Waals surface area contributed by atoms with Crippen molar-refractivity contribution < 1.29 is 145 Å². The first-order valence-electron chi connectivity index (χ1n) is 31.7. The minimum atomic E-state index is -6.51. The van der Waals surface area contributed by atoms with Crippen molar-refractivity contribution in [3.63, 3.8) is 0 Å². The molecule has 6 aromatic rings. The number of esters is 4. The van der Waals surface area contributed by atoms with E-state index in [0.717, 1.165) is 54.6 Å². The van der Waals surface area contributed by atoms with Crippen LogP contribution in [-0.4, -0.2) is 162 Å². The van der Waals surface area contributed by atoms with Crippen LogP contribution in [0.25, 0.3) is 33.4 Å². The summed E-state index contributed by atoms with van der Waals surface area (Å²) in [5, 5.41) is 0. The second kappa shape index (κ2) is 33.4. The Kier molecular flexibility index (Phi) is 26.2. The molecule has 0 spiro atoms. The van der Waals surface area contributed by atoms with E-state index in [1.807, 2.05) is 0 Å². The molecule has 6 aromatic carbocycles. The minimum Gasteiger partial charge on any atom is -0.464 e. The topological polar surface area (TPSA) is 178 Å². The number of carbonyl (C=O) groups is 5. The summed E-state index contributed by atoms with van der Waals surface area (Å²) in [4.78, 5) is 67.3. The van der Waals surface area contributed by atoms with Crippen molar-refractivity contribution in [2.75, 3.05) is 60.8 Å². The monoisotopic (exact) mass is 1570 g/mol. The molecule has 4 unspecified atom stereocenters. The number of fused-ring (bicyclic) bond motifs is 9. The van der Waals surface area contributed by atoms with Crippen LogP contribution in [0.3, 0.4) is 0 Å². The summed E-state index contributed by atoms with van der Waals surface area (Å²) in [6.07, 6.45) is -17.5. The fourth-order valence-corrected chi connectivity index (χ4v) is 11.8. The lowest BCUT2D eigenvalue weighted by Gasteiger charge is -2.29. The predicted octanol–water partition coefficient (Wildman–Crippen LogP) is 18.1. The van der Waals surface area contributed by atoms with Gasteiger partial charge in [0.25, 0.3) is 0 Å². The average Bonchev–Trinajstić information content (AvgIpc) is 1.73. The summed E-state index contributed by atoms with van der Waals surface area (Å²) >= 11 is 0. The first kappa shape index (κ1) is 85.5. The minimum absolute atomic E-state index is 0.0294. The zero-order chi connectivity index (χ0) is 81.4. The van der Waals surface area contributed by atoms with Gasteiger partial charge < -0.3 is 28.4 Å². The number of carbonyl (C=O) groups excluding carboxylic acids is 5. The van der Waals surface area contributed by atoms with Crippen molar-refractivity contribution >= 4 is 47.2 Å². The average molecular weight is 1570 g/mol. The van der Waals surface area contributed by atoms with Gasteiger partial charge in [-0.25, -0.2) is 19.2 Å². The molecule has 4 atom stereocenters. The summed E-state index contributed by atoms with van der Waals surface area (Å²) in [6, 6.07) is 29.9. The van der Waals surface area contributed by atoms with E-state index < -0.39 is 142 Å². The van der Waals surface area contributed by atoms with Gasteiger partial charge in [0.15, 0.2) is 0 Å². The maximum atomic E-state index is 14.5. The van der Waals surface area contributed by atoms with E-state index in [1.165, 1.54) is 18.2 Å².